The second-order valence-electron chi connectivity index (χ2n) is 7.25. The Morgan fingerprint density at radius 3 is 2.89 bits per heavy atom. The first-order chi connectivity index (χ1) is 13.0. The highest BCUT2D eigenvalue weighted by molar-refractivity contribution is 9.10. The fourth-order valence-corrected chi connectivity index (χ4v) is 5.49. The normalized spacial score (nSPS) is 26.8. The van der Waals surface area contributed by atoms with E-state index in [2.05, 4.69) is 31.2 Å². The van der Waals surface area contributed by atoms with Gasteiger partial charge in [0.25, 0.3) is 0 Å². The van der Waals surface area contributed by atoms with Crippen LogP contribution in [0.5, 0.6) is 0 Å². The summed E-state index contributed by atoms with van der Waals surface area (Å²) in [5, 5.41) is 5.22. The first-order valence-corrected chi connectivity index (χ1v) is 10.9. The average molecular weight is 454 g/mol. The highest BCUT2D eigenvalue weighted by Gasteiger charge is 2.52. The Balaban J connectivity index is 1.70. The number of hydrogen-bond donors (Lipinski definition) is 1. The summed E-state index contributed by atoms with van der Waals surface area (Å²) in [5.74, 6) is -0.253. The lowest BCUT2D eigenvalue weighted by Gasteiger charge is -2.51. The molecule has 2 aromatic heterocycles. The second-order valence-corrected chi connectivity index (χ2v) is 8.90. The lowest BCUT2D eigenvalue weighted by Crippen LogP contribution is -2.56. The predicted molar refractivity (Wildman–Crippen MR) is 106 cm³/mol. The fourth-order valence-electron chi connectivity index (χ4n) is 4.43. The van der Waals surface area contributed by atoms with Crippen LogP contribution < -0.4 is 5.32 Å². The van der Waals surface area contributed by atoms with Crippen molar-refractivity contribution in [3.05, 3.63) is 28.1 Å². The van der Waals surface area contributed by atoms with Gasteiger partial charge in [0.05, 0.1) is 22.9 Å². The Labute approximate surface area is 169 Å². The maximum Gasteiger partial charge on any atom is 0.311 e. The van der Waals surface area contributed by atoms with Crippen molar-refractivity contribution in [2.75, 3.05) is 11.9 Å². The van der Waals surface area contributed by atoms with E-state index in [9.17, 15) is 4.79 Å². The number of hydrogen-bond acceptors (Lipinski definition) is 6. The number of fused-ring (bicyclic) bond motifs is 3. The summed E-state index contributed by atoms with van der Waals surface area (Å²) in [6.45, 7) is 2.17. The van der Waals surface area contributed by atoms with Gasteiger partial charge < -0.3 is 10.1 Å². The van der Waals surface area contributed by atoms with Crippen LogP contribution >= 0.6 is 27.3 Å². The number of aromatic nitrogens is 2. The third-order valence-corrected chi connectivity index (χ3v) is 6.98. The second kappa shape index (κ2) is 7.47. The minimum atomic E-state index is -0.512. The van der Waals surface area contributed by atoms with Crippen LogP contribution in [0.15, 0.2) is 22.2 Å². The van der Waals surface area contributed by atoms with Crippen LogP contribution in [0.3, 0.4) is 0 Å². The summed E-state index contributed by atoms with van der Waals surface area (Å²) >= 11 is 4.73. The molecule has 144 valence electrons. The monoisotopic (exact) mass is 453 g/mol. The van der Waals surface area contributed by atoms with E-state index >= 15 is 4.39 Å². The van der Waals surface area contributed by atoms with E-state index < -0.39 is 11.4 Å². The molecule has 1 atom stereocenters. The number of nitrogens with one attached hydrogen (secondary N) is 1. The summed E-state index contributed by atoms with van der Waals surface area (Å²) in [6, 6.07) is 3.69. The molecule has 5 nitrogen and oxygen atoms in total. The molecule has 2 heterocycles. The van der Waals surface area contributed by atoms with Crippen molar-refractivity contribution < 1.29 is 13.9 Å². The van der Waals surface area contributed by atoms with Gasteiger partial charge in [-0.2, -0.15) is 0 Å². The number of esters is 1. The lowest BCUT2D eigenvalue weighted by molar-refractivity contribution is -0.154. The zero-order valence-corrected chi connectivity index (χ0v) is 17.4. The molecule has 3 aliphatic carbocycles. The fraction of sp³-hybridized carbons (Fsp3) is 0.526. The maximum absolute atomic E-state index is 15.2. The smallest absolute Gasteiger partial charge is 0.311 e. The molecule has 0 saturated heterocycles. The van der Waals surface area contributed by atoms with Crippen LogP contribution in [0.2, 0.25) is 0 Å². The minimum absolute atomic E-state index is 0.148. The van der Waals surface area contributed by atoms with E-state index in [4.69, 9.17) is 4.74 Å². The minimum Gasteiger partial charge on any atom is -0.466 e. The Hall–Kier alpha value is -1.54. The van der Waals surface area contributed by atoms with E-state index in [-0.39, 0.29) is 23.4 Å². The molecule has 27 heavy (non-hydrogen) atoms. The van der Waals surface area contributed by atoms with Crippen LogP contribution in [0.1, 0.15) is 39.0 Å². The molecule has 3 fully saturated rings. The number of ether oxygens (including phenoxy) is 1. The molecule has 2 bridgehead atoms. The predicted octanol–water partition coefficient (Wildman–Crippen LogP) is 5.03. The average Bonchev–Trinajstić information content (AvgIpc) is 3.20. The van der Waals surface area contributed by atoms with E-state index in [1.807, 2.05) is 24.4 Å². The van der Waals surface area contributed by atoms with Gasteiger partial charge in [-0.1, -0.05) is 6.07 Å². The molecule has 1 unspecified atom stereocenters. The van der Waals surface area contributed by atoms with E-state index in [1.165, 1.54) is 11.3 Å². The van der Waals surface area contributed by atoms with Gasteiger partial charge >= 0.3 is 5.97 Å². The van der Waals surface area contributed by atoms with E-state index in [0.717, 1.165) is 37.0 Å². The largest absolute Gasteiger partial charge is 0.466 e. The number of carbonyl (C=O) groups is 1. The highest BCUT2D eigenvalue weighted by atomic mass is 79.9. The van der Waals surface area contributed by atoms with Crippen LogP contribution in [0.4, 0.5) is 10.2 Å². The number of halogens is 2. The summed E-state index contributed by atoms with van der Waals surface area (Å²) in [4.78, 5) is 21.8. The number of anilines is 1. The number of rotatable bonds is 5. The summed E-state index contributed by atoms with van der Waals surface area (Å²) in [5.41, 5.74) is -0.245. The molecular formula is C19H21BrFN3O2S. The van der Waals surface area contributed by atoms with Crippen LogP contribution in [0, 0.1) is 17.7 Å². The van der Waals surface area contributed by atoms with E-state index in [0.29, 0.717) is 17.3 Å². The van der Waals surface area contributed by atoms with Crippen molar-refractivity contribution in [3.63, 3.8) is 0 Å². The Kier molecular flexibility index (Phi) is 5.20. The standard InChI is InChI=1S/C19H21BrFN3O2S/c1-2-26-17(25)12-10-11-5-7-19(12,8-6-11)24-16-14(21)15(22-18(20)23-16)13-4-3-9-27-13/h3-4,9,11-12H,2,5-8,10H2,1H3,(H,22,23,24). The zero-order valence-electron chi connectivity index (χ0n) is 15.0. The van der Waals surface area contributed by atoms with Crippen molar-refractivity contribution in [2.24, 2.45) is 11.8 Å². The Bertz CT molecular complexity index is 838. The highest BCUT2D eigenvalue weighted by Crippen LogP contribution is 2.50. The van der Waals surface area contributed by atoms with Crippen molar-refractivity contribution in [3.8, 4) is 10.6 Å². The molecule has 0 amide bonds. The number of carbonyl (C=O) groups excluding carboxylic acids is 1. The number of nitrogens with zero attached hydrogens (tertiary/aromatic N) is 2. The zero-order chi connectivity index (χ0) is 19.0. The maximum atomic E-state index is 15.2. The van der Waals surface area contributed by atoms with Crippen LogP contribution in [-0.2, 0) is 9.53 Å². The summed E-state index contributed by atoms with van der Waals surface area (Å²) in [7, 11) is 0. The summed E-state index contributed by atoms with van der Waals surface area (Å²) < 4.78 is 20.9. The summed E-state index contributed by atoms with van der Waals surface area (Å²) in [6.07, 6.45) is 4.49. The van der Waals surface area contributed by atoms with Crippen molar-refractivity contribution in [1.29, 1.82) is 0 Å². The number of thiophene rings is 1. The third-order valence-electron chi connectivity index (χ3n) is 5.75. The molecule has 3 saturated carbocycles. The SMILES string of the molecule is CCOC(=O)C1CC2CCC1(Nc1nc(Br)nc(-c3cccs3)c1F)CC2. The first kappa shape index (κ1) is 18.8. The molecular weight excluding hydrogens is 433 g/mol. The molecule has 5 rings (SSSR count). The van der Waals surface area contributed by atoms with Gasteiger partial charge in [0.1, 0.15) is 5.69 Å². The molecule has 8 heteroatoms. The van der Waals surface area contributed by atoms with Gasteiger partial charge in [-0.05, 0) is 72.3 Å². The Morgan fingerprint density at radius 2 is 2.22 bits per heavy atom. The van der Waals surface area contributed by atoms with Crippen molar-refractivity contribution in [2.45, 2.75) is 44.6 Å². The van der Waals surface area contributed by atoms with Crippen LogP contribution in [0.25, 0.3) is 10.6 Å². The molecule has 0 aliphatic heterocycles. The van der Waals surface area contributed by atoms with Crippen LogP contribution in [-0.4, -0.2) is 28.1 Å². The molecule has 1 N–H and O–H groups in total. The van der Waals surface area contributed by atoms with Gasteiger partial charge in [-0.3, -0.25) is 4.79 Å². The molecule has 0 radical (unpaired) electrons. The van der Waals surface area contributed by atoms with Gasteiger partial charge in [-0.25, -0.2) is 14.4 Å². The van der Waals surface area contributed by atoms with Gasteiger partial charge in [0, 0.05) is 0 Å². The Morgan fingerprint density at radius 1 is 1.44 bits per heavy atom. The molecule has 0 spiro atoms. The lowest BCUT2D eigenvalue weighted by atomic mass is 9.59. The van der Waals surface area contributed by atoms with Gasteiger partial charge in [-0.15, -0.1) is 11.3 Å². The third kappa shape index (κ3) is 3.49. The first-order valence-electron chi connectivity index (χ1n) is 9.24. The molecule has 3 aliphatic rings. The topological polar surface area (TPSA) is 64.1 Å². The van der Waals surface area contributed by atoms with Gasteiger partial charge in [0.15, 0.2) is 16.4 Å². The van der Waals surface area contributed by atoms with Crippen molar-refractivity contribution in [1.82, 2.24) is 9.97 Å². The molecule has 0 aromatic carbocycles. The van der Waals surface area contributed by atoms with Gasteiger partial charge in [0.2, 0.25) is 0 Å². The van der Waals surface area contributed by atoms with Crippen molar-refractivity contribution >= 4 is 39.1 Å². The molecule has 2 aromatic rings. The van der Waals surface area contributed by atoms with E-state index in [1.54, 1.807) is 0 Å². The quantitative estimate of drug-likeness (QED) is 0.507.